The van der Waals surface area contributed by atoms with Crippen molar-refractivity contribution in [1.82, 2.24) is 0 Å². The molecular formula is C10H12FNO2. The number of anilines is 1. The van der Waals surface area contributed by atoms with Crippen LogP contribution in [-0.4, -0.2) is 12.5 Å². The van der Waals surface area contributed by atoms with Gasteiger partial charge in [-0.05, 0) is 26.0 Å². The highest BCUT2D eigenvalue weighted by molar-refractivity contribution is 5.75. The molecule has 0 bridgehead atoms. The van der Waals surface area contributed by atoms with E-state index in [0.717, 1.165) is 0 Å². The second-order valence-corrected chi connectivity index (χ2v) is 3.07. The molecule has 0 aromatic heterocycles. The molecule has 1 N–H and O–H groups in total. The van der Waals surface area contributed by atoms with Gasteiger partial charge in [-0.3, -0.25) is 4.79 Å². The smallest absolute Gasteiger partial charge is 0.211 e. The number of ether oxygens (including phenoxy) is 1. The Morgan fingerprint density at radius 3 is 2.79 bits per heavy atom. The maximum atomic E-state index is 12.8. The van der Waals surface area contributed by atoms with E-state index in [0.29, 0.717) is 17.8 Å². The highest BCUT2D eigenvalue weighted by atomic mass is 19.1. The van der Waals surface area contributed by atoms with Gasteiger partial charge in [-0.1, -0.05) is 0 Å². The van der Waals surface area contributed by atoms with Gasteiger partial charge in [0.15, 0.2) is 0 Å². The fourth-order valence-corrected chi connectivity index (χ4v) is 1.04. The molecule has 1 aromatic carbocycles. The molecule has 0 spiro atoms. The van der Waals surface area contributed by atoms with Gasteiger partial charge in [0, 0.05) is 6.07 Å². The molecule has 1 amide bonds. The molecule has 4 heteroatoms. The molecule has 0 atom stereocenters. The molecule has 0 unspecified atom stereocenters. The number of nitrogens with one attached hydrogen (secondary N) is 1. The van der Waals surface area contributed by atoms with E-state index in [1.165, 1.54) is 18.2 Å². The van der Waals surface area contributed by atoms with Crippen LogP contribution in [-0.2, 0) is 4.79 Å². The van der Waals surface area contributed by atoms with E-state index in [-0.39, 0.29) is 6.10 Å². The first-order chi connectivity index (χ1) is 6.63. The van der Waals surface area contributed by atoms with Crippen molar-refractivity contribution < 1.29 is 13.9 Å². The lowest BCUT2D eigenvalue weighted by atomic mass is 10.3. The van der Waals surface area contributed by atoms with Crippen LogP contribution in [0.25, 0.3) is 0 Å². The zero-order chi connectivity index (χ0) is 10.6. The van der Waals surface area contributed by atoms with Gasteiger partial charge in [0.2, 0.25) is 6.41 Å². The number of halogens is 1. The van der Waals surface area contributed by atoms with E-state index >= 15 is 0 Å². The summed E-state index contributed by atoms with van der Waals surface area (Å²) in [6, 6.07) is 3.99. The summed E-state index contributed by atoms with van der Waals surface area (Å²) >= 11 is 0. The monoisotopic (exact) mass is 197 g/mol. The normalized spacial score (nSPS) is 10.0. The Hall–Kier alpha value is -1.58. The number of amides is 1. The summed E-state index contributed by atoms with van der Waals surface area (Å²) in [6.07, 6.45) is 0.467. The van der Waals surface area contributed by atoms with E-state index in [2.05, 4.69) is 5.32 Å². The van der Waals surface area contributed by atoms with Crippen molar-refractivity contribution in [2.24, 2.45) is 0 Å². The van der Waals surface area contributed by atoms with Gasteiger partial charge in [-0.2, -0.15) is 0 Å². The van der Waals surface area contributed by atoms with E-state index < -0.39 is 5.82 Å². The number of hydrogen-bond donors (Lipinski definition) is 1. The average Bonchev–Trinajstić information content (AvgIpc) is 2.09. The summed E-state index contributed by atoms with van der Waals surface area (Å²) < 4.78 is 18.2. The van der Waals surface area contributed by atoms with Crippen molar-refractivity contribution in [3.8, 4) is 5.75 Å². The number of carbonyl (C=O) groups is 1. The Morgan fingerprint density at radius 2 is 2.21 bits per heavy atom. The largest absolute Gasteiger partial charge is 0.489 e. The fraction of sp³-hybridized carbons (Fsp3) is 0.300. The van der Waals surface area contributed by atoms with Crippen molar-refractivity contribution >= 4 is 12.1 Å². The van der Waals surface area contributed by atoms with Crippen molar-refractivity contribution in [3.63, 3.8) is 0 Å². The van der Waals surface area contributed by atoms with Crippen LogP contribution in [0.5, 0.6) is 5.75 Å². The Labute approximate surface area is 81.9 Å². The predicted molar refractivity (Wildman–Crippen MR) is 51.9 cm³/mol. The zero-order valence-electron chi connectivity index (χ0n) is 8.08. The Morgan fingerprint density at radius 1 is 1.50 bits per heavy atom. The van der Waals surface area contributed by atoms with E-state index in [1.54, 1.807) is 0 Å². The first-order valence-corrected chi connectivity index (χ1v) is 4.30. The third-order valence-electron chi connectivity index (χ3n) is 1.52. The quantitative estimate of drug-likeness (QED) is 0.751. The van der Waals surface area contributed by atoms with E-state index in [4.69, 9.17) is 4.74 Å². The molecule has 0 aliphatic heterocycles. The van der Waals surface area contributed by atoms with Gasteiger partial charge in [0.05, 0.1) is 11.8 Å². The van der Waals surface area contributed by atoms with Crippen molar-refractivity contribution in [2.45, 2.75) is 20.0 Å². The first-order valence-electron chi connectivity index (χ1n) is 4.30. The molecule has 0 aliphatic carbocycles. The third-order valence-corrected chi connectivity index (χ3v) is 1.52. The Bertz CT molecular complexity index is 326. The van der Waals surface area contributed by atoms with E-state index in [9.17, 15) is 9.18 Å². The third kappa shape index (κ3) is 2.73. The molecular weight excluding hydrogens is 185 g/mol. The molecule has 76 valence electrons. The van der Waals surface area contributed by atoms with Crippen LogP contribution < -0.4 is 10.1 Å². The highest BCUT2D eigenvalue weighted by Gasteiger charge is 2.06. The predicted octanol–water partition coefficient (Wildman–Crippen LogP) is 2.18. The maximum absolute atomic E-state index is 12.8. The number of benzene rings is 1. The first kappa shape index (κ1) is 10.5. The minimum atomic E-state index is -0.412. The van der Waals surface area contributed by atoms with Crippen LogP contribution in [0.1, 0.15) is 13.8 Å². The summed E-state index contributed by atoms with van der Waals surface area (Å²) in [7, 11) is 0. The summed E-state index contributed by atoms with van der Waals surface area (Å²) in [5.41, 5.74) is 0.341. The second kappa shape index (κ2) is 4.60. The van der Waals surface area contributed by atoms with E-state index in [1.807, 2.05) is 13.8 Å². The lowest BCUT2D eigenvalue weighted by Crippen LogP contribution is -2.08. The average molecular weight is 197 g/mol. The maximum Gasteiger partial charge on any atom is 0.211 e. The Balaban J connectivity index is 2.95. The van der Waals surface area contributed by atoms with Crippen molar-refractivity contribution in [2.75, 3.05) is 5.32 Å². The van der Waals surface area contributed by atoms with Gasteiger partial charge in [-0.25, -0.2) is 4.39 Å². The van der Waals surface area contributed by atoms with Gasteiger partial charge < -0.3 is 10.1 Å². The number of carbonyl (C=O) groups excluding carboxylic acids is 1. The minimum absolute atomic E-state index is 0.0207. The molecule has 0 fully saturated rings. The minimum Gasteiger partial charge on any atom is -0.489 e. The molecule has 0 saturated heterocycles. The molecule has 1 aromatic rings. The number of hydrogen-bond acceptors (Lipinski definition) is 2. The van der Waals surface area contributed by atoms with Crippen LogP contribution in [0.2, 0.25) is 0 Å². The molecule has 0 aliphatic rings. The van der Waals surface area contributed by atoms with Gasteiger partial charge in [0.1, 0.15) is 11.6 Å². The summed E-state index contributed by atoms with van der Waals surface area (Å²) in [4.78, 5) is 10.2. The van der Waals surface area contributed by atoms with Crippen LogP contribution in [0.3, 0.4) is 0 Å². The molecule has 1 rings (SSSR count). The highest BCUT2D eigenvalue weighted by Crippen LogP contribution is 2.25. The SMILES string of the molecule is CC(C)Oc1ccc(F)cc1NC=O. The molecule has 0 radical (unpaired) electrons. The molecule has 0 heterocycles. The lowest BCUT2D eigenvalue weighted by Gasteiger charge is -2.13. The van der Waals surface area contributed by atoms with Crippen molar-refractivity contribution in [3.05, 3.63) is 24.0 Å². The van der Waals surface area contributed by atoms with Crippen LogP contribution in [0.4, 0.5) is 10.1 Å². The summed E-state index contributed by atoms with van der Waals surface area (Å²) in [5.74, 6) is 0.0546. The summed E-state index contributed by atoms with van der Waals surface area (Å²) in [6.45, 7) is 3.71. The lowest BCUT2D eigenvalue weighted by molar-refractivity contribution is -0.105. The Kier molecular flexibility index (Phi) is 3.45. The topological polar surface area (TPSA) is 38.3 Å². The van der Waals surface area contributed by atoms with Crippen LogP contribution in [0.15, 0.2) is 18.2 Å². The van der Waals surface area contributed by atoms with Crippen LogP contribution >= 0.6 is 0 Å². The zero-order valence-corrected chi connectivity index (χ0v) is 8.08. The van der Waals surface area contributed by atoms with Gasteiger partial charge in [-0.15, -0.1) is 0 Å². The summed E-state index contributed by atoms with van der Waals surface area (Å²) in [5, 5.41) is 2.38. The second-order valence-electron chi connectivity index (χ2n) is 3.07. The van der Waals surface area contributed by atoms with Crippen LogP contribution in [0, 0.1) is 5.82 Å². The molecule has 3 nitrogen and oxygen atoms in total. The van der Waals surface area contributed by atoms with Crippen molar-refractivity contribution in [1.29, 1.82) is 0 Å². The number of rotatable bonds is 4. The molecule has 14 heavy (non-hydrogen) atoms. The molecule has 0 saturated carbocycles. The standard InChI is InChI=1S/C10H12FNO2/c1-7(2)14-10-4-3-8(11)5-9(10)12-6-13/h3-7H,1-2H3,(H,12,13). The van der Waals surface area contributed by atoms with Gasteiger partial charge >= 0.3 is 0 Å². The fourth-order valence-electron chi connectivity index (χ4n) is 1.04. The van der Waals surface area contributed by atoms with Gasteiger partial charge in [0.25, 0.3) is 0 Å².